The van der Waals surface area contributed by atoms with E-state index in [1.165, 1.54) is 0 Å². The first-order valence-electron chi connectivity index (χ1n) is 8.39. The van der Waals surface area contributed by atoms with Crippen molar-refractivity contribution in [1.29, 1.82) is 0 Å². The van der Waals surface area contributed by atoms with Crippen molar-refractivity contribution >= 4 is 26.4 Å². The number of nitrogens with zero attached hydrogens (tertiary/aromatic N) is 2. The molecule has 0 bridgehead atoms. The van der Waals surface area contributed by atoms with Gasteiger partial charge in [0.15, 0.2) is 8.32 Å². The van der Waals surface area contributed by atoms with E-state index in [0.29, 0.717) is 0 Å². The molecule has 8 heteroatoms. The summed E-state index contributed by atoms with van der Waals surface area (Å²) in [6.07, 6.45) is 0.00863. The molecule has 0 unspecified atom stereocenters. The Hall–Kier alpha value is -2.28. The van der Waals surface area contributed by atoms with Gasteiger partial charge in [0.05, 0.1) is 6.61 Å². The van der Waals surface area contributed by atoms with Gasteiger partial charge in [-0.05, 0) is 23.7 Å². The minimum Gasteiger partial charge on any atom is -0.445 e. The largest absolute Gasteiger partial charge is 0.445 e. The number of ether oxygens (including phenoxy) is 1. The van der Waals surface area contributed by atoms with Gasteiger partial charge < -0.3 is 20.0 Å². The molecular formula is C18H27N3O4Si. The first-order chi connectivity index (χ1) is 12.1. The average molecular weight is 378 g/mol. The lowest BCUT2D eigenvalue weighted by Crippen LogP contribution is -2.49. The Kier molecular flexibility index (Phi) is 7.89. The summed E-state index contributed by atoms with van der Waals surface area (Å²) < 4.78 is 11.1. The van der Waals surface area contributed by atoms with Gasteiger partial charge >= 0.3 is 12.3 Å². The molecule has 1 amide bonds. The van der Waals surface area contributed by atoms with Gasteiger partial charge in [-0.3, -0.25) is 4.79 Å². The molecule has 0 aliphatic carbocycles. The molecule has 0 radical (unpaired) electrons. The van der Waals surface area contributed by atoms with Crippen LogP contribution in [0, 0.1) is 0 Å². The zero-order valence-electron chi connectivity index (χ0n) is 16.0. The lowest BCUT2D eigenvalue weighted by molar-refractivity contribution is -0.118. The molecule has 1 aromatic carbocycles. The summed E-state index contributed by atoms with van der Waals surface area (Å²) in [6.45, 7) is 10.4. The zero-order valence-corrected chi connectivity index (χ0v) is 17.0. The van der Waals surface area contributed by atoms with Crippen LogP contribution in [0.25, 0.3) is 5.53 Å². The Morgan fingerprint density at radius 1 is 1.27 bits per heavy atom. The van der Waals surface area contributed by atoms with Crippen molar-refractivity contribution in [2.24, 2.45) is 0 Å². The van der Waals surface area contributed by atoms with E-state index in [9.17, 15) is 9.59 Å². The van der Waals surface area contributed by atoms with E-state index in [1.807, 2.05) is 43.4 Å². The predicted octanol–water partition coefficient (Wildman–Crippen LogP) is 3.17. The summed E-state index contributed by atoms with van der Waals surface area (Å²) in [7, 11) is -2.11. The van der Waals surface area contributed by atoms with Crippen LogP contribution in [0.5, 0.6) is 0 Å². The third-order valence-electron chi connectivity index (χ3n) is 4.45. The van der Waals surface area contributed by atoms with Crippen molar-refractivity contribution in [1.82, 2.24) is 5.32 Å². The number of hydrogen-bond donors (Lipinski definition) is 1. The van der Waals surface area contributed by atoms with Crippen molar-refractivity contribution in [2.75, 3.05) is 6.61 Å². The summed E-state index contributed by atoms with van der Waals surface area (Å²) in [5, 5.41) is 2.44. The summed E-state index contributed by atoms with van der Waals surface area (Å²) >= 11 is 0. The van der Waals surface area contributed by atoms with E-state index in [1.54, 1.807) is 0 Å². The van der Waals surface area contributed by atoms with Crippen LogP contribution in [0.3, 0.4) is 0 Å². The third-order valence-corrected chi connectivity index (χ3v) is 8.95. The van der Waals surface area contributed by atoms with Crippen molar-refractivity contribution < 1.29 is 23.5 Å². The SMILES string of the molecule is CC(C)(C)[Si](C)(C)OC[C@@H](NC(=O)OCc1ccccc1)C(=O)C=[N+]=[N-]. The number of nitrogens with one attached hydrogen (secondary N) is 1. The molecule has 0 saturated heterocycles. The maximum absolute atomic E-state index is 12.1. The molecule has 142 valence electrons. The third kappa shape index (κ3) is 6.91. The van der Waals surface area contributed by atoms with Crippen molar-refractivity contribution in [2.45, 2.75) is 51.6 Å². The first kappa shape index (κ1) is 21.8. The lowest BCUT2D eigenvalue weighted by Gasteiger charge is -2.36. The Morgan fingerprint density at radius 3 is 2.42 bits per heavy atom. The van der Waals surface area contributed by atoms with Gasteiger partial charge in [0.1, 0.15) is 12.6 Å². The number of hydrogen-bond acceptors (Lipinski definition) is 4. The highest BCUT2D eigenvalue weighted by atomic mass is 28.4. The molecule has 0 aromatic heterocycles. The Morgan fingerprint density at radius 2 is 1.88 bits per heavy atom. The van der Waals surface area contributed by atoms with Gasteiger partial charge in [0, 0.05) is 0 Å². The van der Waals surface area contributed by atoms with E-state index in [0.717, 1.165) is 11.8 Å². The smallest absolute Gasteiger partial charge is 0.408 e. The highest BCUT2D eigenvalue weighted by Gasteiger charge is 2.38. The molecule has 26 heavy (non-hydrogen) atoms. The van der Waals surface area contributed by atoms with Crippen molar-refractivity contribution in [3.63, 3.8) is 0 Å². The normalized spacial score (nSPS) is 12.7. The van der Waals surface area contributed by atoms with Gasteiger partial charge in [0.25, 0.3) is 5.78 Å². The standard InChI is InChI=1S/C18H27N3O4Si/c1-18(2,3)26(4,5)25-13-15(16(22)11-20-19)21-17(23)24-12-14-9-7-6-8-10-14/h6-11,15H,12-13H2,1-5H3,(H,21,23)/t15-/m1/s1. The molecule has 1 N–H and O–H groups in total. The van der Waals surface area contributed by atoms with Crippen LogP contribution in [0.15, 0.2) is 30.3 Å². The molecule has 0 fully saturated rings. The minimum atomic E-state index is -2.11. The zero-order chi connectivity index (χ0) is 19.8. The number of carbonyl (C=O) groups is 2. The molecule has 1 rings (SSSR count). The summed E-state index contributed by atoms with van der Waals surface area (Å²) in [6, 6.07) is 8.22. The highest BCUT2D eigenvalue weighted by molar-refractivity contribution is 6.74. The quantitative estimate of drug-likeness (QED) is 0.325. The fourth-order valence-electron chi connectivity index (χ4n) is 1.76. The summed E-state index contributed by atoms with van der Waals surface area (Å²) in [5.41, 5.74) is 9.43. The van der Waals surface area contributed by atoms with Crippen molar-refractivity contribution in [3.8, 4) is 0 Å². The van der Waals surface area contributed by atoms with E-state index in [2.05, 4.69) is 30.9 Å². The number of alkyl carbamates (subject to hydrolysis) is 1. The molecule has 0 aliphatic heterocycles. The number of rotatable bonds is 8. The molecule has 7 nitrogen and oxygen atoms in total. The highest BCUT2D eigenvalue weighted by Crippen LogP contribution is 2.36. The van der Waals surface area contributed by atoms with E-state index in [-0.39, 0.29) is 18.3 Å². The Balaban J connectivity index is 2.69. The molecule has 0 saturated carbocycles. The molecule has 1 aromatic rings. The average Bonchev–Trinajstić information content (AvgIpc) is 2.56. The van der Waals surface area contributed by atoms with Crippen LogP contribution >= 0.6 is 0 Å². The van der Waals surface area contributed by atoms with Crippen LogP contribution in [-0.2, 0) is 20.6 Å². The van der Waals surface area contributed by atoms with Crippen LogP contribution in [0.1, 0.15) is 26.3 Å². The second-order valence-electron chi connectivity index (χ2n) is 7.48. The lowest BCUT2D eigenvalue weighted by atomic mass is 10.2. The number of Topliss-reactive ketones (excluding diaryl/α,β-unsaturated/α-hetero) is 1. The molecule has 0 heterocycles. The van der Waals surface area contributed by atoms with Crippen LogP contribution < -0.4 is 5.32 Å². The molecule has 0 aliphatic rings. The number of carbonyl (C=O) groups excluding carboxylic acids is 2. The maximum Gasteiger partial charge on any atom is 0.408 e. The van der Waals surface area contributed by atoms with E-state index in [4.69, 9.17) is 14.7 Å². The molecule has 1 atom stereocenters. The molecule has 0 spiro atoms. The van der Waals surface area contributed by atoms with Gasteiger partial charge in [-0.15, -0.1) is 0 Å². The number of ketones is 1. The van der Waals surface area contributed by atoms with Gasteiger partial charge in [-0.2, -0.15) is 4.79 Å². The summed E-state index contributed by atoms with van der Waals surface area (Å²) in [4.78, 5) is 26.8. The fraction of sp³-hybridized carbons (Fsp3) is 0.500. The van der Waals surface area contributed by atoms with E-state index >= 15 is 0 Å². The monoisotopic (exact) mass is 377 g/mol. The summed E-state index contributed by atoms with van der Waals surface area (Å²) in [5.74, 6) is -0.567. The van der Waals surface area contributed by atoms with Gasteiger partial charge in [-0.1, -0.05) is 51.1 Å². The Bertz CT molecular complexity index is 665. The van der Waals surface area contributed by atoms with E-state index < -0.39 is 26.2 Å². The van der Waals surface area contributed by atoms with Crippen molar-refractivity contribution in [3.05, 3.63) is 41.4 Å². The van der Waals surface area contributed by atoms with Gasteiger partial charge in [0.2, 0.25) is 0 Å². The first-order valence-corrected chi connectivity index (χ1v) is 11.3. The van der Waals surface area contributed by atoms with Gasteiger partial charge in [-0.25, -0.2) is 4.79 Å². The Labute approximate surface area is 155 Å². The maximum atomic E-state index is 12.1. The second kappa shape index (κ2) is 9.42. The fourth-order valence-corrected chi connectivity index (χ4v) is 2.77. The second-order valence-corrected chi connectivity index (χ2v) is 12.3. The molecular weight excluding hydrogens is 350 g/mol. The topological polar surface area (TPSA) is 101 Å². The predicted molar refractivity (Wildman–Crippen MR) is 101 cm³/mol. The van der Waals surface area contributed by atoms with Crippen LogP contribution in [0.2, 0.25) is 18.1 Å². The number of benzene rings is 1. The number of amides is 1. The van der Waals surface area contributed by atoms with Crippen LogP contribution in [0.4, 0.5) is 4.79 Å². The van der Waals surface area contributed by atoms with Crippen LogP contribution in [-0.4, -0.2) is 43.8 Å². The minimum absolute atomic E-state index is 0.0121.